The number of benzene rings is 2. The van der Waals surface area contributed by atoms with Crippen LogP contribution in [0.5, 0.6) is 0 Å². The van der Waals surface area contributed by atoms with Crippen LogP contribution in [0.1, 0.15) is 29.4 Å². The second-order valence-corrected chi connectivity index (χ2v) is 9.14. The van der Waals surface area contributed by atoms with Crippen LogP contribution in [0.15, 0.2) is 84.6 Å². The fraction of sp³-hybridized carbons (Fsp3) is 0.148. The van der Waals surface area contributed by atoms with E-state index in [-0.39, 0.29) is 5.82 Å². The molecule has 3 heterocycles. The van der Waals surface area contributed by atoms with Gasteiger partial charge in [-0.15, -0.1) is 4.91 Å². The molecular weight excluding hydrogens is 503 g/mol. The second kappa shape index (κ2) is 9.08. The summed E-state index contributed by atoms with van der Waals surface area (Å²) < 4.78 is 41.4. The number of hydrogen-bond acceptors (Lipinski definition) is 5. The lowest BCUT2D eigenvalue weighted by Gasteiger charge is -2.31. The SMILES string of the molecule is Cn1cncc1C(C)(c1ccc(C(F)(F)F)nc1)c1ccc2nc(N=O)c(-c3ccccc3)c(Cl)c2c1. The van der Waals surface area contributed by atoms with Gasteiger partial charge >= 0.3 is 6.18 Å². The first kappa shape index (κ1) is 24.6. The summed E-state index contributed by atoms with van der Waals surface area (Å²) in [5.41, 5.74) is 1.60. The van der Waals surface area contributed by atoms with E-state index in [0.29, 0.717) is 32.6 Å². The maximum Gasteiger partial charge on any atom is 0.433 e. The van der Waals surface area contributed by atoms with Gasteiger partial charge in [-0.3, -0.25) is 4.98 Å². The number of rotatable bonds is 5. The van der Waals surface area contributed by atoms with Gasteiger partial charge in [-0.1, -0.05) is 54.1 Å². The van der Waals surface area contributed by atoms with Crippen molar-refractivity contribution >= 4 is 28.3 Å². The monoisotopic (exact) mass is 521 g/mol. The number of aryl methyl sites for hydroxylation is 1. The number of pyridine rings is 2. The van der Waals surface area contributed by atoms with Crippen molar-refractivity contribution in [2.24, 2.45) is 12.2 Å². The van der Waals surface area contributed by atoms with E-state index in [2.05, 4.69) is 20.1 Å². The predicted molar refractivity (Wildman–Crippen MR) is 136 cm³/mol. The fourth-order valence-corrected chi connectivity index (χ4v) is 4.95. The van der Waals surface area contributed by atoms with Crippen LogP contribution in [0.2, 0.25) is 5.02 Å². The molecule has 2 aromatic carbocycles. The molecular formula is C27H19ClF3N5O. The van der Waals surface area contributed by atoms with Crippen molar-refractivity contribution in [2.75, 3.05) is 0 Å². The Labute approximate surface area is 214 Å². The smallest absolute Gasteiger partial charge is 0.337 e. The van der Waals surface area contributed by atoms with E-state index in [1.54, 1.807) is 41.4 Å². The molecule has 37 heavy (non-hydrogen) atoms. The molecule has 0 bridgehead atoms. The highest BCUT2D eigenvalue weighted by Crippen LogP contribution is 2.44. The Kier molecular flexibility index (Phi) is 6.03. The summed E-state index contributed by atoms with van der Waals surface area (Å²) >= 11 is 6.86. The number of fused-ring (bicyclic) bond motifs is 1. The van der Waals surface area contributed by atoms with Gasteiger partial charge in [0.2, 0.25) is 5.82 Å². The van der Waals surface area contributed by atoms with Gasteiger partial charge in [0, 0.05) is 30.4 Å². The van der Waals surface area contributed by atoms with Crippen LogP contribution in [0.4, 0.5) is 19.0 Å². The lowest BCUT2D eigenvalue weighted by molar-refractivity contribution is -0.141. The molecule has 186 valence electrons. The van der Waals surface area contributed by atoms with Gasteiger partial charge in [-0.25, -0.2) is 9.97 Å². The van der Waals surface area contributed by atoms with E-state index in [0.717, 1.165) is 17.3 Å². The van der Waals surface area contributed by atoms with Gasteiger partial charge in [0.05, 0.1) is 28.0 Å². The number of imidazole rings is 1. The van der Waals surface area contributed by atoms with E-state index in [1.165, 1.54) is 12.3 Å². The molecule has 5 aromatic rings. The van der Waals surface area contributed by atoms with Gasteiger partial charge < -0.3 is 4.57 Å². The molecule has 0 amide bonds. The number of halogens is 4. The lowest BCUT2D eigenvalue weighted by atomic mass is 9.74. The van der Waals surface area contributed by atoms with Gasteiger partial charge in [-0.05, 0) is 47.0 Å². The third-order valence-electron chi connectivity index (χ3n) is 6.59. The van der Waals surface area contributed by atoms with Gasteiger partial charge in [-0.2, -0.15) is 13.2 Å². The van der Waals surface area contributed by atoms with E-state index in [9.17, 15) is 18.1 Å². The van der Waals surface area contributed by atoms with Crippen molar-refractivity contribution in [1.82, 2.24) is 19.5 Å². The minimum absolute atomic E-state index is 0.0298. The standard InChI is InChI=1S/C27H19ClF3N5O/c1-26(22-14-32-15-36(22)2,18-9-11-21(33-13-18)27(29,30)31)17-8-10-20-19(12-17)24(28)23(25(34-20)35-37)16-6-4-3-5-7-16/h3-15H,1-2H3. The van der Waals surface area contributed by atoms with Gasteiger partial charge in [0.15, 0.2) is 0 Å². The molecule has 0 aliphatic rings. The average molecular weight is 522 g/mol. The maximum atomic E-state index is 13.2. The molecule has 1 unspecified atom stereocenters. The highest BCUT2D eigenvalue weighted by molar-refractivity contribution is 6.38. The summed E-state index contributed by atoms with van der Waals surface area (Å²) in [6.07, 6.45) is -0.0385. The molecule has 5 rings (SSSR count). The Morgan fingerprint density at radius 2 is 1.70 bits per heavy atom. The zero-order valence-corrected chi connectivity index (χ0v) is 20.4. The van der Waals surface area contributed by atoms with E-state index < -0.39 is 17.3 Å². The van der Waals surface area contributed by atoms with Crippen molar-refractivity contribution in [2.45, 2.75) is 18.5 Å². The van der Waals surface area contributed by atoms with Crippen LogP contribution in [0.25, 0.3) is 22.0 Å². The third kappa shape index (κ3) is 4.15. The molecule has 0 radical (unpaired) electrons. The van der Waals surface area contributed by atoms with Gasteiger partial charge in [0.25, 0.3) is 0 Å². The summed E-state index contributed by atoms with van der Waals surface area (Å²) in [5, 5.41) is 3.96. The topological polar surface area (TPSA) is 73.0 Å². The van der Waals surface area contributed by atoms with Crippen LogP contribution in [0, 0.1) is 4.91 Å². The number of nitrogens with zero attached hydrogens (tertiary/aromatic N) is 5. The molecule has 0 saturated heterocycles. The highest BCUT2D eigenvalue weighted by atomic mass is 35.5. The van der Waals surface area contributed by atoms with Crippen LogP contribution >= 0.6 is 11.6 Å². The first-order chi connectivity index (χ1) is 17.6. The third-order valence-corrected chi connectivity index (χ3v) is 6.98. The Morgan fingerprint density at radius 1 is 0.973 bits per heavy atom. The number of alkyl halides is 3. The molecule has 3 aromatic heterocycles. The molecule has 0 aliphatic carbocycles. The lowest BCUT2D eigenvalue weighted by Crippen LogP contribution is -2.28. The summed E-state index contributed by atoms with van der Waals surface area (Å²) in [7, 11) is 1.81. The number of aromatic nitrogens is 4. The minimum Gasteiger partial charge on any atom is -0.337 e. The largest absolute Gasteiger partial charge is 0.433 e. The minimum atomic E-state index is -4.55. The molecule has 10 heteroatoms. The Balaban J connectivity index is 1.76. The highest BCUT2D eigenvalue weighted by Gasteiger charge is 2.37. The zero-order valence-electron chi connectivity index (χ0n) is 19.7. The average Bonchev–Trinajstić information content (AvgIpc) is 3.34. The van der Waals surface area contributed by atoms with Crippen molar-refractivity contribution < 1.29 is 13.2 Å². The Morgan fingerprint density at radius 3 is 2.30 bits per heavy atom. The van der Waals surface area contributed by atoms with Crippen molar-refractivity contribution in [3.63, 3.8) is 0 Å². The van der Waals surface area contributed by atoms with Crippen LogP contribution in [0.3, 0.4) is 0 Å². The van der Waals surface area contributed by atoms with Crippen LogP contribution < -0.4 is 0 Å². The number of nitroso groups, excluding NO2 is 1. The first-order valence-corrected chi connectivity index (χ1v) is 11.6. The first-order valence-electron chi connectivity index (χ1n) is 11.2. The molecule has 0 fully saturated rings. The normalized spacial score (nSPS) is 13.5. The number of hydrogen-bond donors (Lipinski definition) is 0. The quantitative estimate of drug-likeness (QED) is 0.225. The van der Waals surface area contributed by atoms with Crippen molar-refractivity contribution in [1.29, 1.82) is 0 Å². The molecule has 0 spiro atoms. The zero-order chi connectivity index (χ0) is 26.4. The summed E-state index contributed by atoms with van der Waals surface area (Å²) in [6, 6.07) is 16.8. The van der Waals surface area contributed by atoms with Crippen molar-refractivity contribution in [3.05, 3.63) is 112 Å². The second-order valence-electron chi connectivity index (χ2n) is 8.76. The predicted octanol–water partition coefficient (Wildman–Crippen LogP) is 7.45. The Bertz CT molecular complexity index is 1620. The van der Waals surface area contributed by atoms with Crippen molar-refractivity contribution in [3.8, 4) is 11.1 Å². The van der Waals surface area contributed by atoms with E-state index >= 15 is 0 Å². The summed E-state index contributed by atoms with van der Waals surface area (Å²) in [6.45, 7) is 1.89. The molecule has 0 aliphatic heterocycles. The molecule has 6 nitrogen and oxygen atoms in total. The van der Waals surface area contributed by atoms with Crippen LogP contribution in [-0.2, 0) is 18.6 Å². The summed E-state index contributed by atoms with van der Waals surface area (Å²) in [5.74, 6) is -0.0298. The molecule has 1 atom stereocenters. The fourth-order valence-electron chi connectivity index (χ4n) is 4.61. The van der Waals surface area contributed by atoms with E-state index in [4.69, 9.17) is 11.6 Å². The summed E-state index contributed by atoms with van der Waals surface area (Å²) in [4.78, 5) is 24.0. The molecule has 0 saturated carbocycles. The van der Waals surface area contributed by atoms with E-state index in [1.807, 2.05) is 38.2 Å². The van der Waals surface area contributed by atoms with Crippen LogP contribution in [-0.4, -0.2) is 19.5 Å². The maximum absolute atomic E-state index is 13.2. The Hall–Kier alpha value is -4.11. The molecule has 0 N–H and O–H groups in total. The van der Waals surface area contributed by atoms with Gasteiger partial charge in [0.1, 0.15) is 5.69 Å².